The topological polar surface area (TPSA) is 76.6 Å². The lowest BCUT2D eigenvalue weighted by Crippen LogP contribution is -2.35. The fourth-order valence-corrected chi connectivity index (χ4v) is 4.14. The van der Waals surface area contributed by atoms with E-state index < -0.39 is 5.97 Å². The van der Waals surface area contributed by atoms with Crippen LogP contribution in [0.15, 0.2) is 59.7 Å². The van der Waals surface area contributed by atoms with Crippen LogP contribution in [0.4, 0.5) is 0 Å². The molecule has 0 amide bonds. The molecule has 1 aliphatic rings. The van der Waals surface area contributed by atoms with E-state index in [1.165, 1.54) is 0 Å². The average Bonchev–Trinajstić information content (AvgIpc) is 3.29. The summed E-state index contributed by atoms with van der Waals surface area (Å²) in [5.41, 5.74) is 3.46. The molecule has 1 aliphatic heterocycles. The van der Waals surface area contributed by atoms with Crippen molar-refractivity contribution in [3.63, 3.8) is 0 Å². The van der Waals surface area contributed by atoms with E-state index in [0.717, 1.165) is 60.5 Å². The molecule has 1 N–H and O–H groups in total. The minimum atomic E-state index is -0.432. The number of aromatic nitrogens is 2. The van der Waals surface area contributed by atoms with Gasteiger partial charge in [0.1, 0.15) is 0 Å². The molecule has 0 atom stereocenters. The van der Waals surface area contributed by atoms with Gasteiger partial charge in [-0.25, -0.2) is 0 Å². The van der Waals surface area contributed by atoms with Crippen molar-refractivity contribution in [2.75, 3.05) is 26.3 Å². The fraction of sp³-hybridized carbons (Fsp3) is 0.280. The van der Waals surface area contributed by atoms with Gasteiger partial charge in [-0.3, -0.25) is 14.5 Å². The zero-order chi connectivity index (χ0) is 22.1. The van der Waals surface area contributed by atoms with Gasteiger partial charge in [-0.1, -0.05) is 13.0 Å². The van der Waals surface area contributed by atoms with Gasteiger partial charge < -0.3 is 19.0 Å². The Kier molecular flexibility index (Phi) is 5.51. The standard InChI is InChI=1S/C25H25N3O4/c1-2-24(29)32-23-16-28(19-4-5-21-18(14-19)7-8-26-21)22-6-3-17(13-20(22)25(23)30)15-27-9-11-31-12-10-27/h3-8,13-14,16,26H,2,9-12,15H2,1H3. The minimum Gasteiger partial charge on any atom is -0.421 e. The van der Waals surface area contributed by atoms with Crippen LogP contribution in [-0.2, 0) is 16.1 Å². The average molecular weight is 431 g/mol. The number of nitrogens with zero attached hydrogens (tertiary/aromatic N) is 2. The number of nitrogens with one attached hydrogen (secondary N) is 1. The van der Waals surface area contributed by atoms with Crippen molar-refractivity contribution in [1.82, 2.24) is 14.5 Å². The largest absolute Gasteiger partial charge is 0.421 e. The van der Waals surface area contributed by atoms with Crippen molar-refractivity contribution in [3.05, 3.63) is 70.6 Å². The van der Waals surface area contributed by atoms with Crippen LogP contribution < -0.4 is 10.2 Å². The van der Waals surface area contributed by atoms with Gasteiger partial charge in [0.2, 0.25) is 5.43 Å². The summed E-state index contributed by atoms with van der Waals surface area (Å²) in [7, 11) is 0. The van der Waals surface area contributed by atoms with Crippen LogP contribution in [0.5, 0.6) is 5.75 Å². The first-order valence-corrected chi connectivity index (χ1v) is 10.9. The summed E-state index contributed by atoms with van der Waals surface area (Å²) < 4.78 is 12.8. The van der Waals surface area contributed by atoms with Crippen molar-refractivity contribution >= 4 is 27.8 Å². The monoisotopic (exact) mass is 431 g/mol. The summed E-state index contributed by atoms with van der Waals surface area (Å²) in [4.78, 5) is 30.7. The number of pyridine rings is 1. The molecule has 5 rings (SSSR count). The highest BCUT2D eigenvalue weighted by Crippen LogP contribution is 2.25. The first-order chi connectivity index (χ1) is 15.6. The number of hydrogen-bond acceptors (Lipinski definition) is 5. The van der Waals surface area contributed by atoms with Crippen LogP contribution in [-0.4, -0.2) is 46.7 Å². The zero-order valence-corrected chi connectivity index (χ0v) is 18.0. The molecule has 0 aliphatic carbocycles. The Bertz CT molecular complexity index is 1350. The number of esters is 1. The number of carbonyl (C=O) groups is 1. The first kappa shape index (κ1) is 20.5. The number of fused-ring (bicyclic) bond motifs is 2. The molecule has 3 heterocycles. The molecule has 0 radical (unpaired) electrons. The quantitative estimate of drug-likeness (QED) is 0.489. The van der Waals surface area contributed by atoms with E-state index in [1.807, 2.05) is 47.2 Å². The van der Waals surface area contributed by atoms with Gasteiger partial charge >= 0.3 is 5.97 Å². The summed E-state index contributed by atoms with van der Waals surface area (Å²) in [6.07, 6.45) is 3.71. The molecular formula is C25H25N3O4. The van der Waals surface area contributed by atoms with Gasteiger partial charge in [-0.15, -0.1) is 0 Å². The van der Waals surface area contributed by atoms with Gasteiger partial charge in [0.25, 0.3) is 0 Å². The van der Waals surface area contributed by atoms with E-state index in [1.54, 1.807) is 13.1 Å². The molecule has 1 saturated heterocycles. The van der Waals surface area contributed by atoms with E-state index in [9.17, 15) is 9.59 Å². The molecule has 0 unspecified atom stereocenters. The highest BCUT2D eigenvalue weighted by molar-refractivity contribution is 5.86. The molecule has 4 aromatic rings. The molecule has 164 valence electrons. The lowest BCUT2D eigenvalue weighted by molar-refractivity contribution is -0.134. The highest BCUT2D eigenvalue weighted by atomic mass is 16.5. The van der Waals surface area contributed by atoms with Crippen molar-refractivity contribution in [1.29, 1.82) is 0 Å². The van der Waals surface area contributed by atoms with Gasteiger partial charge in [0.05, 0.1) is 30.3 Å². The number of ether oxygens (including phenoxy) is 2. The van der Waals surface area contributed by atoms with Crippen molar-refractivity contribution in [2.24, 2.45) is 0 Å². The van der Waals surface area contributed by atoms with E-state index in [0.29, 0.717) is 5.39 Å². The maximum absolute atomic E-state index is 13.2. The predicted molar refractivity (Wildman–Crippen MR) is 123 cm³/mol. The van der Waals surface area contributed by atoms with Crippen molar-refractivity contribution in [3.8, 4) is 11.4 Å². The number of hydrogen-bond donors (Lipinski definition) is 1. The summed E-state index contributed by atoms with van der Waals surface area (Å²) >= 11 is 0. The molecule has 0 spiro atoms. The summed E-state index contributed by atoms with van der Waals surface area (Å²) in [5.74, 6) is -0.388. The smallest absolute Gasteiger partial charge is 0.311 e. The Hall–Kier alpha value is -3.42. The van der Waals surface area contributed by atoms with Crippen LogP contribution in [0.25, 0.3) is 27.5 Å². The zero-order valence-electron chi connectivity index (χ0n) is 18.0. The van der Waals surface area contributed by atoms with Crippen LogP contribution in [0.1, 0.15) is 18.9 Å². The van der Waals surface area contributed by atoms with Gasteiger partial charge in [-0.2, -0.15) is 0 Å². The minimum absolute atomic E-state index is 0.0436. The predicted octanol–water partition coefficient (Wildman–Crippen LogP) is 3.62. The summed E-state index contributed by atoms with van der Waals surface area (Å²) in [6.45, 7) is 5.63. The number of benzene rings is 2. The molecule has 2 aromatic carbocycles. The Balaban J connectivity index is 1.64. The van der Waals surface area contributed by atoms with E-state index in [2.05, 4.69) is 16.0 Å². The molecule has 32 heavy (non-hydrogen) atoms. The third-order valence-corrected chi connectivity index (χ3v) is 5.87. The fourth-order valence-electron chi connectivity index (χ4n) is 4.14. The number of carbonyl (C=O) groups excluding carboxylic acids is 1. The number of morpholine rings is 1. The SMILES string of the molecule is CCC(=O)Oc1cn(-c2ccc3[nH]ccc3c2)c2ccc(CN3CCOCC3)cc2c1=O. The summed E-state index contributed by atoms with van der Waals surface area (Å²) in [5, 5.41) is 1.59. The van der Waals surface area contributed by atoms with Crippen LogP contribution in [0, 0.1) is 0 Å². The normalized spacial score (nSPS) is 14.8. The van der Waals surface area contributed by atoms with Gasteiger partial charge in [0.15, 0.2) is 5.75 Å². The van der Waals surface area contributed by atoms with Gasteiger partial charge in [0, 0.05) is 48.8 Å². The molecule has 0 saturated carbocycles. The second-order valence-corrected chi connectivity index (χ2v) is 8.01. The van der Waals surface area contributed by atoms with Crippen molar-refractivity contribution < 1.29 is 14.3 Å². The van der Waals surface area contributed by atoms with E-state index in [4.69, 9.17) is 9.47 Å². The second kappa shape index (κ2) is 8.61. The maximum Gasteiger partial charge on any atom is 0.311 e. The van der Waals surface area contributed by atoms with Gasteiger partial charge in [-0.05, 0) is 42.0 Å². The molecule has 7 heteroatoms. The van der Waals surface area contributed by atoms with E-state index in [-0.39, 0.29) is 17.6 Å². The van der Waals surface area contributed by atoms with E-state index >= 15 is 0 Å². The number of H-pyrrole nitrogens is 1. The third-order valence-electron chi connectivity index (χ3n) is 5.87. The molecule has 2 aromatic heterocycles. The molecule has 0 bridgehead atoms. The lowest BCUT2D eigenvalue weighted by atomic mass is 10.1. The highest BCUT2D eigenvalue weighted by Gasteiger charge is 2.16. The van der Waals surface area contributed by atoms with Crippen LogP contribution in [0.3, 0.4) is 0 Å². The van der Waals surface area contributed by atoms with Crippen molar-refractivity contribution in [2.45, 2.75) is 19.9 Å². The Labute approximate surface area is 185 Å². The van der Waals surface area contributed by atoms with Crippen LogP contribution in [0.2, 0.25) is 0 Å². The summed E-state index contributed by atoms with van der Waals surface area (Å²) in [6, 6.07) is 14.0. The number of rotatable bonds is 5. The third kappa shape index (κ3) is 3.92. The maximum atomic E-state index is 13.2. The molecule has 1 fully saturated rings. The first-order valence-electron chi connectivity index (χ1n) is 10.9. The molecule has 7 nitrogen and oxygen atoms in total. The number of aromatic amines is 1. The van der Waals surface area contributed by atoms with Crippen LogP contribution >= 0.6 is 0 Å². The Morgan fingerprint density at radius 1 is 1.12 bits per heavy atom. The Morgan fingerprint density at radius 2 is 1.97 bits per heavy atom. The Morgan fingerprint density at radius 3 is 2.78 bits per heavy atom. The lowest BCUT2D eigenvalue weighted by Gasteiger charge is -2.26. The molecular weight excluding hydrogens is 406 g/mol. The second-order valence-electron chi connectivity index (χ2n) is 8.01.